The number of anilines is 1. The zero-order valence-corrected chi connectivity index (χ0v) is 14.1. The smallest absolute Gasteiger partial charge is 0.341 e. The minimum Gasteiger partial charge on any atom is -0.452 e. The Morgan fingerprint density at radius 2 is 2.00 bits per heavy atom. The number of benzene rings is 1. The normalized spacial score (nSPS) is 10.1. The third-order valence-electron chi connectivity index (χ3n) is 3.07. The van der Waals surface area contributed by atoms with Crippen molar-refractivity contribution in [2.24, 2.45) is 0 Å². The lowest BCUT2D eigenvalue weighted by atomic mass is 10.1. The van der Waals surface area contributed by atoms with Crippen molar-refractivity contribution >= 4 is 35.1 Å². The van der Waals surface area contributed by atoms with Gasteiger partial charge in [0.05, 0.1) is 5.56 Å². The standard InChI is InChI=1S/C17H16N2O4S/c1-11(20)12-5-3-6-13(9-12)19-15(21)10-23-17(22)14-7-4-8-18-16(14)24-2/h3-9H,10H2,1-2H3,(H,19,21). The molecule has 6 nitrogen and oxygen atoms in total. The van der Waals surface area contributed by atoms with Gasteiger partial charge in [-0.25, -0.2) is 9.78 Å². The number of rotatable bonds is 6. The van der Waals surface area contributed by atoms with Gasteiger partial charge in [-0.3, -0.25) is 9.59 Å². The van der Waals surface area contributed by atoms with E-state index in [2.05, 4.69) is 10.3 Å². The summed E-state index contributed by atoms with van der Waals surface area (Å²) in [5.74, 6) is -1.20. The molecule has 0 aliphatic carbocycles. The number of hydrogen-bond acceptors (Lipinski definition) is 6. The number of nitrogens with one attached hydrogen (secondary N) is 1. The molecule has 1 amide bonds. The summed E-state index contributed by atoms with van der Waals surface area (Å²) in [6, 6.07) is 9.76. The predicted octanol–water partition coefficient (Wildman–Crippen LogP) is 2.80. The molecule has 1 heterocycles. The van der Waals surface area contributed by atoms with Gasteiger partial charge in [0.2, 0.25) is 0 Å². The average molecular weight is 344 g/mol. The number of carbonyl (C=O) groups is 3. The maximum Gasteiger partial charge on any atom is 0.341 e. The van der Waals surface area contributed by atoms with E-state index in [0.717, 1.165) is 0 Å². The molecule has 0 spiro atoms. The lowest BCUT2D eigenvalue weighted by Crippen LogP contribution is -2.21. The van der Waals surface area contributed by atoms with Crippen molar-refractivity contribution in [3.63, 3.8) is 0 Å². The molecule has 124 valence electrons. The fraction of sp³-hybridized carbons (Fsp3) is 0.176. The second-order valence-corrected chi connectivity index (χ2v) is 5.62. The van der Waals surface area contributed by atoms with E-state index >= 15 is 0 Å². The summed E-state index contributed by atoms with van der Waals surface area (Å²) < 4.78 is 5.01. The van der Waals surface area contributed by atoms with E-state index < -0.39 is 18.5 Å². The van der Waals surface area contributed by atoms with Crippen LogP contribution in [0.4, 0.5) is 5.69 Å². The first-order chi connectivity index (χ1) is 11.5. The molecular formula is C17H16N2O4S. The molecule has 2 rings (SSSR count). The number of ether oxygens (including phenoxy) is 1. The highest BCUT2D eigenvalue weighted by Gasteiger charge is 2.15. The molecule has 7 heteroatoms. The maximum absolute atomic E-state index is 12.0. The molecule has 1 N–H and O–H groups in total. The van der Waals surface area contributed by atoms with Crippen molar-refractivity contribution in [2.45, 2.75) is 11.9 Å². The zero-order valence-electron chi connectivity index (χ0n) is 13.2. The lowest BCUT2D eigenvalue weighted by Gasteiger charge is -2.08. The highest BCUT2D eigenvalue weighted by Crippen LogP contribution is 2.17. The molecule has 0 fully saturated rings. The van der Waals surface area contributed by atoms with Gasteiger partial charge in [0.25, 0.3) is 5.91 Å². The number of Topliss-reactive ketones (excluding diaryl/α,β-unsaturated/α-hetero) is 1. The van der Waals surface area contributed by atoms with Gasteiger partial charge in [-0.1, -0.05) is 12.1 Å². The van der Waals surface area contributed by atoms with Gasteiger partial charge in [-0.2, -0.15) is 0 Å². The quantitative estimate of drug-likeness (QED) is 0.493. The number of esters is 1. The van der Waals surface area contributed by atoms with Crippen molar-refractivity contribution in [1.29, 1.82) is 0 Å². The maximum atomic E-state index is 12.0. The predicted molar refractivity (Wildman–Crippen MR) is 91.4 cm³/mol. The summed E-state index contributed by atoms with van der Waals surface area (Å²) in [5, 5.41) is 3.12. The monoisotopic (exact) mass is 344 g/mol. The van der Waals surface area contributed by atoms with Gasteiger partial charge < -0.3 is 10.1 Å². The van der Waals surface area contributed by atoms with Gasteiger partial charge in [-0.15, -0.1) is 11.8 Å². The SMILES string of the molecule is CSc1ncccc1C(=O)OCC(=O)Nc1cccc(C(C)=O)c1. The Bertz CT molecular complexity index is 777. The fourth-order valence-corrected chi connectivity index (χ4v) is 2.47. The first-order valence-electron chi connectivity index (χ1n) is 7.08. The van der Waals surface area contributed by atoms with Crippen molar-refractivity contribution < 1.29 is 19.1 Å². The third kappa shape index (κ3) is 4.66. The summed E-state index contributed by atoms with van der Waals surface area (Å²) >= 11 is 1.32. The molecule has 0 atom stereocenters. The number of carbonyl (C=O) groups excluding carboxylic acids is 3. The van der Waals surface area contributed by atoms with Crippen LogP contribution in [0.5, 0.6) is 0 Å². The first-order valence-corrected chi connectivity index (χ1v) is 8.30. The van der Waals surface area contributed by atoms with Crippen LogP contribution in [0, 0.1) is 0 Å². The Hall–Kier alpha value is -2.67. The molecule has 0 aliphatic rings. The first kappa shape index (κ1) is 17.7. The van der Waals surface area contributed by atoms with Gasteiger partial charge in [0.15, 0.2) is 12.4 Å². The van der Waals surface area contributed by atoms with E-state index in [1.165, 1.54) is 18.7 Å². The average Bonchev–Trinajstić information content (AvgIpc) is 2.59. The number of hydrogen-bond donors (Lipinski definition) is 1. The summed E-state index contributed by atoms with van der Waals surface area (Å²) in [4.78, 5) is 39.3. The topological polar surface area (TPSA) is 85.4 Å². The second-order valence-electron chi connectivity index (χ2n) is 4.82. The molecule has 1 aromatic heterocycles. The van der Waals surface area contributed by atoms with Crippen molar-refractivity contribution in [3.8, 4) is 0 Å². The number of ketones is 1. The van der Waals surface area contributed by atoms with Crippen molar-refractivity contribution in [2.75, 3.05) is 18.2 Å². The Labute approximate surface area is 143 Å². The Balaban J connectivity index is 1.94. The van der Waals surface area contributed by atoms with E-state index in [1.54, 1.807) is 48.9 Å². The summed E-state index contributed by atoms with van der Waals surface area (Å²) in [6.45, 7) is 1.02. The van der Waals surface area contributed by atoms with E-state index in [9.17, 15) is 14.4 Å². The van der Waals surface area contributed by atoms with Crippen LogP contribution in [0.2, 0.25) is 0 Å². The number of nitrogens with zero attached hydrogens (tertiary/aromatic N) is 1. The fourth-order valence-electron chi connectivity index (χ4n) is 1.93. The number of amides is 1. The number of pyridine rings is 1. The van der Waals surface area contributed by atoms with Crippen LogP contribution in [0.15, 0.2) is 47.6 Å². The minimum atomic E-state index is -0.611. The van der Waals surface area contributed by atoms with Crippen LogP contribution >= 0.6 is 11.8 Å². The molecule has 0 radical (unpaired) electrons. The largest absolute Gasteiger partial charge is 0.452 e. The van der Waals surface area contributed by atoms with E-state index in [1.807, 2.05) is 0 Å². The third-order valence-corrected chi connectivity index (χ3v) is 3.78. The van der Waals surface area contributed by atoms with E-state index in [-0.39, 0.29) is 5.78 Å². The van der Waals surface area contributed by atoms with Crippen molar-refractivity contribution in [1.82, 2.24) is 4.98 Å². The van der Waals surface area contributed by atoms with Crippen LogP contribution in [0.25, 0.3) is 0 Å². The molecule has 0 aliphatic heterocycles. The van der Waals surface area contributed by atoms with Crippen LogP contribution < -0.4 is 5.32 Å². The molecule has 24 heavy (non-hydrogen) atoms. The highest BCUT2D eigenvalue weighted by atomic mass is 32.2. The van der Waals surface area contributed by atoms with Crippen LogP contribution in [0.1, 0.15) is 27.6 Å². The van der Waals surface area contributed by atoms with Gasteiger partial charge in [0, 0.05) is 17.4 Å². The van der Waals surface area contributed by atoms with Crippen molar-refractivity contribution in [3.05, 3.63) is 53.7 Å². The summed E-state index contributed by atoms with van der Waals surface area (Å²) in [5.41, 5.74) is 1.27. The summed E-state index contributed by atoms with van der Waals surface area (Å²) in [7, 11) is 0. The molecular weight excluding hydrogens is 328 g/mol. The van der Waals surface area contributed by atoms with Crippen LogP contribution in [-0.2, 0) is 9.53 Å². The minimum absolute atomic E-state index is 0.0984. The molecule has 0 unspecified atom stereocenters. The van der Waals surface area contributed by atoms with Crippen LogP contribution in [0.3, 0.4) is 0 Å². The molecule has 0 saturated heterocycles. The molecule has 1 aromatic carbocycles. The van der Waals surface area contributed by atoms with E-state index in [4.69, 9.17) is 4.74 Å². The van der Waals surface area contributed by atoms with Crippen LogP contribution in [-0.4, -0.2) is 35.5 Å². The molecule has 0 bridgehead atoms. The number of thioether (sulfide) groups is 1. The molecule has 2 aromatic rings. The Morgan fingerprint density at radius 3 is 2.71 bits per heavy atom. The highest BCUT2D eigenvalue weighted by molar-refractivity contribution is 7.98. The van der Waals surface area contributed by atoms with E-state index in [0.29, 0.717) is 21.8 Å². The van der Waals surface area contributed by atoms with Gasteiger partial charge in [0.1, 0.15) is 5.03 Å². The zero-order chi connectivity index (χ0) is 17.5. The molecule has 0 saturated carbocycles. The lowest BCUT2D eigenvalue weighted by molar-refractivity contribution is -0.119. The number of aromatic nitrogens is 1. The second kappa shape index (κ2) is 8.26. The summed E-state index contributed by atoms with van der Waals surface area (Å²) in [6.07, 6.45) is 3.38. The Kier molecular flexibility index (Phi) is 6.08. The Morgan fingerprint density at radius 1 is 1.21 bits per heavy atom. The van der Waals surface area contributed by atoms with Gasteiger partial charge in [-0.05, 0) is 37.4 Å². The van der Waals surface area contributed by atoms with Gasteiger partial charge >= 0.3 is 5.97 Å².